The predicted octanol–water partition coefficient (Wildman–Crippen LogP) is 2.40. The molecule has 0 saturated heterocycles. The number of rotatable bonds is 3. The zero-order valence-electron chi connectivity index (χ0n) is 11.7. The number of nitrogen functional groups attached to an aromatic ring is 2. The van der Waals surface area contributed by atoms with Crippen LogP contribution in [0.3, 0.4) is 0 Å². The molecule has 2 rings (SSSR count). The first-order chi connectivity index (χ1) is 11.1. The highest BCUT2D eigenvalue weighted by Gasteiger charge is 2.30. The van der Waals surface area contributed by atoms with E-state index in [4.69, 9.17) is 16.7 Å². The molecule has 1 heterocycles. The molecule has 2 aromatic rings. The molecule has 0 bridgehead atoms. The van der Waals surface area contributed by atoms with E-state index in [1.807, 2.05) is 0 Å². The highest BCUT2D eigenvalue weighted by molar-refractivity contribution is 5.73. The van der Waals surface area contributed by atoms with Gasteiger partial charge in [0.1, 0.15) is 17.5 Å². The minimum absolute atomic E-state index is 0.261. The van der Waals surface area contributed by atoms with E-state index in [-0.39, 0.29) is 28.6 Å². The van der Waals surface area contributed by atoms with Gasteiger partial charge >= 0.3 is 6.18 Å². The van der Waals surface area contributed by atoms with E-state index in [1.165, 1.54) is 0 Å². The summed E-state index contributed by atoms with van der Waals surface area (Å²) in [6.45, 7) is -1.86. The molecule has 0 aliphatic carbocycles. The Morgan fingerprint density at radius 3 is 2.21 bits per heavy atom. The molecule has 0 aliphatic heterocycles. The first-order valence-corrected chi connectivity index (χ1v) is 6.14. The average molecular weight is 345 g/mol. The second-order valence-electron chi connectivity index (χ2n) is 4.48. The SMILES string of the molecule is N#Cc1c(N)nc(N)nc1-c1cc(F)c(OCC(F)(F)F)c(F)c1. The Bertz CT molecular complexity index is 808. The van der Waals surface area contributed by atoms with Gasteiger partial charge in [-0.05, 0) is 12.1 Å². The Balaban J connectivity index is 2.51. The molecule has 1 aromatic heterocycles. The number of halogens is 5. The van der Waals surface area contributed by atoms with Crippen LogP contribution in [0, 0.1) is 23.0 Å². The molecule has 0 fully saturated rings. The van der Waals surface area contributed by atoms with Gasteiger partial charge in [-0.25, -0.2) is 13.8 Å². The maximum Gasteiger partial charge on any atom is 0.422 e. The third kappa shape index (κ3) is 3.60. The van der Waals surface area contributed by atoms with Gasteiger partial charge in [-0.2, -0.15) is 23.4 Å². The summed E-state index contributed by atoms with van der Waals surface area (Å²) in [5.74, 6) is -4.68. The number of nitrogens with zero attached hydrogens (tertiary/aromatic N) is 3. The lowest BCUT2D eigenvalue weighted by Gasteiger charge is -2.12. The van der Waals surface area contributed by atoms with E-state index in [9.17, 15) is 22.0 Å². The van der Waals surface area contributed by atoms with Gasteiger partial charge in [0.15, 0.2) is 24.0 Å². The molecule has 24 heavy (non-hydrogen) atoms. The summed E-state index contributed by atoms with van der Waals surface area (Å²) in [6.07, 6.45) is -4.76. The second kappa shape index (κ2) is 6.15. The molecule has 0 saturated carbocycles. The first kappa shape index (κ1) is 17.2. The van der Waals surface area contributed by atoms with Crippen LogP contribution in [0.15, 0.2) is 12.1 Å². The van der Waals surface area contributed by atoms with Crippen LogP contribution in [0.1, 0.15) is 5.56 Å². The van der Waals surface area contributed by atoms with Crippen molar-refractivity contribution < 1.29 is 26.7 Å². The van der Waals surface area contributed by atoms with Crippen molar-refractivity contribution in [2.24, 2.45) is 0 Å². The Hall–Kier alpha value is -3.16. The van der Waals surface area contributed by atoms with Gasteiger partial charge in [0.25, 0.3) is 0 Å². The second-order valence-corrected chi connectivity index (χ2v) is 4.48. The number of hydrogen-bond donors (Lipinski definition) is 2. The van der Waals surface area contributed by atoms with Gasteiger partial charge < -0.3 is 16.2 Å². The van der Waals surface area contributed by atoms with E-state index in [2.05, 4.69) is 14.7 Å². The normalized spacial score (nSPS) is 11.2. The highest BCUT2D eigenvalue weighted by atomic mass is 19.4. The molecule has 0 atom stereocenters. The van der Waals surface area contributed by atoms with Gasteiger partial charge in [0.2, 0.25) is 5.95 Å². The number of nitrogens with two attached hydrogens (primary N) is 2. The number of ether oxygens (including phenoxy) is 1. The van der Waals surface area contributed by atoms with Gasteiger partial charge in [-0.1, -0.05) is 0 Å². The van der Waals surface area contributed by atoms with Crippen molar-refractivity contribution in [2.75, 3.05) is 18.1 Å². The topological polar surface area (TPSA) is 111 Å². The van der Waals surface area contributed by atoms with Crippen molar-refractivity contribution >= 4 is 11.8 Å². The Labute approximate surface area is 131 Å². The summed E-state index contributed by atoms with van der Waals surface area (Å²) < 4.78 is 68.1. The van der Waals surface area contributed by atoms with Gasteiger partial charge in [-0.3, -0.25) is 0 Å². The minimum atomic E-state index is -4.76. The van der Waals surface area contributed by atoms with Crippen LogP contribution < -0.4 is 16.2 Å². The third-order valence-electron chi connectivity index (χ3n) is 2.72. The molecule has 0 aliphatic rings. The molecule has 6 nitrogen and oxygen atoms in total. The Morgan fingerprint density at radius 1 is 1.12 bits per heavy atom. The maximum atomic E-state index is 13.9. The summed E-state index contributed by atoms with van der Waals surface area (Å²) in [7, 11) is 0. The lowest BCUT2D eigenvalue weighted by molar-refractivity contribution is -0.154. The third-order valence-corrected chi connectivity index (χ3v) is 2.72. The average Bonchev–Trinajstić information content (AvgIpc) is 2.44. The molecule has 11 heteroatoms. The first-order valence-electron chi connectivity index (χ1n) is 6.14. The van der Waals surface area contributed by atoms with Crippen molar-refractivity contribution in [1.82, 2.24) is 9.97 Å². The van der Waals surface area contributed by atoms with E-state index in [0.717, 1.165) is 0 Å². The van der Waals surface area contributed by atoms with Crippen molar-refractivity contribution in [3.8, 4) is 23.1 Å². The predicted molar refractivity (Wildman–Crippen MR) is 72.5 cm³/mol. The van der Waals surface area contributed by atoms with Crippen LogP contribution in [0.25, 0.3) is 11.3 Å². The van der Waals surface area contributed by atoms with Crippen LogP contribution >= 0.6 is 0 Å². The van der Waals surface area contributed by atoms with Gasteiger partial charge in [0, 0.05) is 5.56 Å². The van der Waals surface area contributed by atoms with Crippen molar-refractivity contribution in [2.45, 2.75) is 6.18 Å². The summed E-state index contributed by atoms with van der Waals surface area (Å²) in [6, 6.07) is 2.96. The minimum Gasteiger partial charge on any atom is -0.478 e. The number of aromatic nitrogens is 2. The number of anilines is 2. The molecule has 126 valence electrons. The van der Waals surface area contributed by atoms with Crippen LogP contribution in [0.2, 0.25) is 0 Å². The lowest BCUT2D eigenvalue weighted by Crippen LogP contribution is -2.20. The summed E-state index contributed by atoms with van der Waals surface area (Å²) in [4.78, 5) is 7.22. The summed E-state index contributed by atoms with van der Waals surface area (Å²) >= 11 is 0. The van der Waals surface area contributed by atoms with E-state index >= 15 is 0 Å². The lowest BCUT2D eigenvalue weighted by atomic mass is 10.1. The quantitative estimate of drug-likeness (QED) is 0.827. The zero-order valence-corrected chi connectivity index (χ0v) is 11.7. The fourth-order valence-electron chi connectivity index (χ4n) is 1.80. The van der Waals surface area contributed by atoms with Crippen LogP contribution in [-0.4, -0.2) is 22.8 Å². The molecule has 4 N–H and O–H groups in total. The molecular weight excluding hydrogens is 337 g/mol. The molecular formula is C13H8F5N5O. The maximum absolute atomic E-state index is 13.9. The molecule has 1 aromatic carbocycles. The van der Waals surface area contributed by atoms with Crippen LogP contribution in [0.4, 0.5) is 33.7 Å². The fraction of sp³-hybridized carbons (Fsp3) is 0.154. The Kier molecular flexibility index (Phi) is 4.41. The number of hydrogen-bond acceptors (Lipinski definition) is 6. The smallest absolute Gasteiger partial charge is 0.422 e. The van der Waals surface area contributed by atoms with Crippen molar-refractivity contribution in [3.05, 3.63) is 29.3 Å². The Morgan fingerprint density at radius 2 is 1.71 bits per heavy atom. The molecule has 0 unspecified atom stereocenters. The molecule has 0 spiro atoms. The monoisotopic (exact) mass is 345 g/mol. The number of nitriles is 1. The number of benzene rings is 1. The number of alkyl halides is 3. The van der Waals surface area contributed by atoms with Crippen LogP contribution in [-0.2, 0) is 0 Å². The highest BCUT2D eigenvalue weighted by Crippen LogP contribution is 2.32. The molecule has 0 radical (unpaired) electrons. The summed E-state index contributed by atoms with van der Waals surface area (Å²) in [5.41, 5.74) is 10.0. The van der Waals surface area contributed by atoms with Gasteiger partial charge in [0.05, 0.1) is 5.69 Å². The van der Waals surface area contributed by atoms with Gasteiger partial charge in [-0.15, -0.1) is 0 Å². The van der Waals surface area contributed by atoms with E-state index < -0.39 is 30.2 Å². The van der Waals surface area contributed by atoms with E-state index in [0.29, 0.717) is 12.1 Å². The van der Waals surface area contributed by atoms with Crippen molar-refractivity contribution in [3.63, 3.8) is 0 Å². The standard InChI is InChI=1S/C13H8F5N5O/c14-7-1-5(2-8(15)10(7)24-4-13(16,17)18)9-6(3-19)11(20)23-12(21)22-9/h1-2H,4H2,(H4,20,21,22,23). The largest absolute Gasteiger partial charge is 0.478 e. The van der Waals surface area contributed by atoms with Crippen molar-refractivity contribution in [1.29, 1.82) is 5.26 Å². The van der Waals surface area contributed by atoms with E-state index in [1.54, 1.807) is 6.07 Å². The van der Waals surface area contributed by atoms with Crippen LogP contribution in [0.5, 0.6) is 5.75 Å². The zero-order chi connectivity index (χ0) is 18.1. The molecule has 0 amide bonds. The fourth-order valence-corrected chi connectivity index (χ4v) is 1.80. The summed E-state index contributed by atoms with van der Waals surface area (Å²) in [5, 5.41) is 9.03.